The average molecular weight is 362 g/mol. The lowest BCUT2D eigenvalue weighted by Crippen LogP contribution is -2.38. The summed E-state index contributed by atoms with van der Waals surface area (Å²) >= 11 is 5.88. The third-order valence-corrected chi connectivity index (χ3v) is 4.69. The Morgan fingerprint density at radius 1 is 1.32 bits per heavy atom. The van der Waals surface area contributed by atoms with Crippen LogP contribution < -0.4 is 10.2 Å². The fourth-order valence-corrected chi connectivity index (χ4v) is 3.20. The lowest BCUT2D eigenvalue weighted by Gasteiger charge is -2.33. The molecule has 1 aliphatic heterocycles. The van der Waals surface area contributed by atoms with Crippen molar-refractivity contribution in [2.45, 2.75) is 38.8 Å². The molecule has 1 saturated heterocycles. The molecule has 1 N–H and O–H groups in total. The molecule has 7 nitrogen and oxygen atoms in total. The lowest BCUT2D eigenvalue weighted by atomic mass is 10.0. The maximum atomic E-state index is 11.7. The van der Waals surface area contributed by atoms with Gasteiger partial charge in [-0.2, -0.15) is 0 Å². The van der Waals surface area contributed by atoms with Crippen molar-refractivity contribution in [3.8, 4) is 0 Å². The molecule has 3 rings (SSSR count). The molecule has 0 aliphatic carbocycles. The van der Waals surface area contributed by atoms with Crippen molar-refractivity contribution >= 4 is 28.9 Å². The molecule has 0 amide bonds. The first-order valence-corrected chi connectivity index (χ1v) is 8.68. The molecule has 1 fully saturated rings. The summed E-state index contributed by atoms with van der Waals surface area (Å²) in [4.78, 5) is 21.6. The topological polar surface area (TPSA) is 84.2 Å². The van der Waals surface area contributed by atoms with Crippen LogP contribution in [0.25, 0.3) is 0 Å². The molecule has 25 heavy (non-hydrogen) atoms. The molecule has 0 spiro atoms. The van der Waals surface area contributed by atoms with Crippen molar-refractivity contribution in [1.82, 2.24) is 9.97 Å². The zero-order valence-corrected chi connectivity index (χ0v) is 14.7. The second-order valence-electron chi connectivity index (χ2n) is 6.17. The summed E-state index contributed by atoms with van der Waals surface area (Å²) in [5.41, 5.74) is 0.899. The standard InChI is InChI=1S/C17H20ClN5O2/c1-12-4-2-3-9-22(12)17-15(23(24)25)16(20-11-21-17)19-10-13-5-7-14(18)8-6-13/h5-8,11-12H,2-4,9-10H2,1H3,(H,19,20,21). The van der Waals surface area contributed by atoms with Gasteiger partial charge in [-0.15, -0.1) is 0 Å². The Bertz CT molecular complexity index is 753. The number of benzene rings is 1. The predicted octanol–water partition coefficient (Wildman–Crippen LogP) is 4.03. The highest BCUT2D eigenvalue weighted by molar-refractivity contribution is 6.30. The Hall–Kier alpha value is -2.41. The van der Waals surface area contributed by atoms with E-state index in [0.29, 0.717) is 17.4 Å². The summed E-state index contributed by atoms with van der Waals surface area (Å²) in [6.07, 6.45) is 4.54. The van der Waals surface area contributed by atoms with Gasteiger partial charge in [-0.05, 0) is 43.9 Å². The molecule has 132 valence electrons. The molecule has 0 bridgehead atoms. The van der Waals surface area contributed by atoms with Gasteiger partial charge < -0.3 is 10.2 Å². The molecule has 1 aliphatic rings. The van der Waals surface area contributed by atoms with E-state index in [0.717, 1.165) is 31.4 Å². The maximum absolute atomic E-state index is 11.7. The van der Waals surface area contributed by atoms with Gasteiger partial charge in [0, 0.05) is 24.2 Å². The van der Waals surface area contributed by atoms with Crippen LogP contribution in [0, 0.1) is 10.1 Å². The molecule has 1 unspecified atom stereocenters. The maximum Gasteiger partial charge on any atom is 0.353 e. The molecule has 1 aromatic carbocycles. The number of piperidine rings is 1. The molecule has 1 atom stereocenters. The van der Waals surface area contributed by atoms with Gasteiger partial charge in [0.05, 0.1) is 4.92 Å². The first kappa shape index (κ1) is 17.4. The Labute approximate surface area is 151 Å². The fraction of sp³-hybridized carbons (Fsp3) is 0.412. The van der Waals surface area contributed by atoms with Gasteiger partial charge in [0.1, 0.15) is 6.33 Å². The van der Waals surface area contributed by atoms with E-state index in [2.05, 4.69) is 22.2 Å². The number of hydrogen-bond donors (Lipinski definition) is 1. The van der Waals surface area contributed by atoms with Crippen molar-refractivity contribution in [2.75, 3.05) is 16.8 Å². The van der Waals surface area contributed by atoms with Crippen LogP contribution in [0.1, 0.15) is 31.7 Å². The number of hydrogen-bond acceptors (Lipinski definition) is 6. The fourth-order valence-electron chi connectivity index (χ4n) is 3.08. The monoisotopic (exact) mass is 361 g/mol. The van der Waals surface area contributed by atoms with E-state index in [1.54, 1.807) is 12.1 Å². The molecular weight excluding hydrogens is 342 g/mol. The van der Waals surface area contributed by atoms with E-state index in [1.165, 1.54) is 6.33 Å². The van der Waals surface area contributed by atoms with Crippen LogP contribution >= 0.6 is 11.6 Å². The highest BCUT2D eigenvalue weighted by atomic mass is 35.5. The van der Waals surface area contributed by atoms with Crippen molar-refractivity contribution in [2.24, 2.45) is 0 Å². The van der Waals surface area contributed by atoms with Crippen LogP contribution in [0.2, 0.25) is 5.02 Å². The van der Waals surface area contributed by atoms with Crippen LogP contribution in [-0.2, 0) is 6.54 Å². The van der Waals surface area contributed by atoms with Crippen molar-refractivity contribution in [3.05, 3.63) is 51.3 Å². The first-order chi connectivity index (χ1) is 12.1. The normalized spacial score (nSPS) is 17.4. The van der Waals surface area contributed by atoms with E-state index < -0.39 is 4.92 Å². The largest absolute Gasteiger partial charge is 0.360 e. The molecule has 2 heterocycles. The quantitative estimate of drug-likeness (QED) is 0.639. The number of aromatic nitrogens is 2. The Morgan fingerprint density at radius 3 is 2.76 bits per heavy atom. The smallest absolute Gasteiger partial charge is 0.353 e. The Morgan fingerprint density at radius 2 is 2.08 bits per heavy atom. The van der Waals surface area contributed by atoms with E-state index in [-0.39, 0.29) is 17.5 Å². The zero-order chi connectivity index (χ0) is 17.8. The van der Waals surface area contributed by atoms with E-state index in [4.69, 9.17) is 11.6 Å². The minimum Gasteiger partial charge on any atom is -0.360 e. The number of nitrogens with one attached hydrogen (secondary N) is 1. The Balaban J connectivity index is 1.87. The third kappa shape index (κ3) is 3.99. The van der Waals surface area contributed by atoms with Gasteiger partial charge in [0.2, 0.25) is 11.6 Å². The minimum absolute atomic E-state index is 0.0646. The van der Waals surface area contributed by atoms with Gasteiger partial charge in [-0.25, -0.2) is 9.97 Å². The second-order valence-corrected chi connectivity index (χ2v) is 6.61. The minimum atomic E-state index is -0.402. The average Bonchev–Trinajstić information content (AvgIpc) is 2.61. The van der Waals surface area contributed by atoms with Gasteiger partial charge in [-0.1, -0.05) is 23.7 Å². The third-order valence-electron chi connectivity index (χ3n) is 4.43. The van der Waals surface area contributed by atoms with Crippen LogP contribution in [0.3, 0.4) is 0 Å². The summed E-state index contributed by atoms with van der Waals surface area (Å²) in [7, 11) is 0. The summed E-state index contributed by atoms with van der Waals surface area (Å²) in [6, 6.07) is 7.54. The summed E-state index contributed by atoms with van der Waals surface area (Å²) < 4.78 is 0. The number of halogens is 1. The molecular formula is C17H20ClN5O2. The molecule has 1 aromatic heterocycles. The van der Waals surface area contributed by atoms with Crippen molar-refractivity contribution < 1.29 is 4.92 Å². The summed E-state index contributed by atoms with van der Waals surface area (Å²) in [5, 5.41) is 15.4. The van der Waals surface area contributed by atoms with Gasteiger partial charge >= 0.3 is 5.69 Å². The van der Waals surface area contributed by atoms with Crippen molar-refractivity contribution in [3.63, 3.8) is 0 Å². The van der Waals surface area contributed by atoms with Crippen LogP contribution in [0.15, 0.2) is 30.6 Å². The van der Waals surface area contributed by atoms with E-state index >= 15 is 0 Å². The van der Waals surface area contributed by atoms with Gasteiger partial charge in [-0.3, -0.25) is 10.1 Å². The number of nitro groups is 1. The SMILES string of the molecule is CC1CCCCN1c1ncnc(NCc2ccc(Cl)cc2)c1[N+](=O)[O-]. The Kier molecular flexibility index (Phi) is 5.33. The molecule has 0 saturated carbocycles. The zero-order valence-electron chi connectivity index (χ0n) is 14.0. The van der Waals surface area contributed by atoms with Crippen molar-refractivity contribution in [1.29, 1.82) is 0 Å². The second kappa shape index (κ2) is 7.65. The number of anilines is 2. The van der Waals surface area contributed by atoms with E-state index in [9.17, 15) is 10.1 Å². The summed E-state index contributed by atoms with van der Waals surface area (Å²) in [5.74, 6) is 0.633. The van der Waals surface area contributed by atoms with Crippen LogP contribution in [-0.4, -0.2) is 27.5 Å². The lowest BCUT2D eigenvalue weighted by molar-refractivity contribution is -0.383. The highest BCUT2D eigenvalue weighted by Gasteiger charge is 2.30. The van der Waals surface area contributed by atoms with E-state index in [1.807, 2.05) is 17.0 Å². The van der Waals surface area contributed by atoms with Gasteiger partial charge in [0.15, 0.2) is 0 Å². The van der Waals surface area contributed by atoms with Crippen LogP contribution in [0.4, 0.5) is 17.3 Å². The predicted molar refractivity (Wildman–Crippen MR) is 98.1 cm³/mol. The molecule has 8 heteroatoms. The number of nitrogens with zero attached hydrogens (tertiary/aromatic N) is 4. The van der Waals surface area contributed by atoms with Gasteiger partial charge in [0.25, 0.3) is 0 Å². The summed E-state index contributed by atoms with van der Waals surface area (Å²) in [6.45, 7) is 3.27. The number of rotatable bonds is 5. The molecule has 2 aromatic rings. The molecule has 0 radical (unpaired) electrons. The van der Waals surface area contributed by atoms with Crippen LogP contribution in [0.5, 0.6) is 0 Å². The highest BCUT2D eigenvalue weighted by Crippen LogP contribution is 2.35. The first-order valence-electron chi connectivity index (χ1n) is 8.30.